The summed E-state index contributed by atoms with van der Waals surface area (Å²) in [5.74, 6) is 0.134. The summed E-state index contributed by atoms with van der Waals surface area (Å²) >= 11 is 1.26. The third kappa shape index (κ3) is 3.92. The first-order valence-corrected chi connectivity index (χ1v) is 8.37. The minimum Gasteiger partial charge on any atom is -0.508 e. The number of phenolic OH excluding ortho intramolecular Hbond substituents is 2. The van der Waals surface area contributed by atoms with Gasteiger partial charge < -0.3 is 10.2 Å². The molecule has 0 unspecified atom stereocenters. The van der Waals surface area contributed by atoms with Crippen LogP contribution in [0.4, 0.5) is 5.69 Å². The minimum absolute atomic E-state index is 0.117. The molecule has 2 N–H and O–H groups in total. The van der Waals surface area contributed by atoms with Crippen LogP contribution in [0.2, 0.25) is 0 Å². The van der Waals surface area contributed by atoms with Crippen LogP contribution in [0.1, 0.15) is 5.56 Å². The van der Waals surface area contributed by atoms with Crippen LogP contribution in [0.15, 0.2) is 71.1 Å². The Balaban J connectivity index is 1.94. The van der Waals surface area contributed by atoms with Crippen LogP contribution in [0, 0.1) is 0 Å². The Bertz CT molecular complexity index is 872. The molecule has 0 radical (unpaired) electrons. The lowest BCUT2D eigenvalue weighted by molar-refractivity contribution is -0.121. The first kappa shape index (κ1) is 16.9. The van der Waals surface area contributed by atoms with Gasteiger partial charge in [0, 0.05) is 12.6 Å². The van der Waals surface area contributed by atoms with Gasteiger partial charge in [-0.2, -0.15) is 0 Å². The lowest BCUT2D eigenvalue weighted by atomic mass is 10.2. The van der Waals surface area contributed by atoms with E-state index in [1.54, 1.807) is 54.6 Å². The molecule has 0 aliphatic carbocycles. The van der Waals surface area contributed by atoms with E-state index >= 15 is 0 Å². The summed E-state index contributed by atoms with van der Waals surface area (Å²) in [7, 11) is 0. The average molecular weight is 352 g/mol. The van der Waals surface area contributed by atoms with Crippen molar-refractivity contribution in [2.75, 3.05) is 6.54 Å². The highest BCUT2D eigenvalue weighted by Crippen LogP contribution is 2.34. The van der Waals surface area contributed by atoms with Gasteiger partial charge in [0.15, 0.2) is 5.17 Å². The van der Waals surface area contributed by atoms with E-state index in [1.165, 1.54) is 22.7 Å². The van der Waals surface area contributed by atoms with Crippen molar-refractivity contribution in [1.29, 1.82) is 0 Å². The Morgan fingerprint density at radius 2 is 1.88 bits per heavy atom. The van der Waals surface area contributed by atoms with E-state index in [0.29, 0.717) is 22.3 Å². The standard InChI is InChI=1S/C19H16N2O3S/c1-2-10-21-18(24)17(11-13-6-8-15(22)9-7-13)25-19(21)20-14-4-3-5-16(23)12-14/h2-9,11-12,22-23H,1,10H2/b17-11+,20-19?. The molecule has 1 amide bonds. The van der Waals surface area contributed by atoms with Crippen molar-refractivity contribution < 1.29 is 15.0 Å². The van der Waals surface area contributed by atoms with Gasteiger partial charge in [0.2, 0.25) is 0 Å². The van der Waals surface area contributed by atoms with Crippen molar-refractivity contribution >= 4 is 34.6 Å². The largest absolute Gasteiger partial charge is 0.508 e. The number of phenols is 2. The Morgan fingerprint density at radius 3 is 2.56 bits per heavy atom. The molecular weight excluding hydrogens is 336 g/mol. The van der Waals surface area contributed by atoms with Crippen LogP contribution in [-0.2, 0) is 4.79 Å². The van der Waals surface area contributed by atoms with Crippen molar-refractivity contribution in [2.24, 2.45) is 4.99 Å². The molecule has 5 nitrogen and oxygen atoms in total. The smallest absolute Gasteiger partial charge is 0.267 e. The van der Waals surface area contributed by atoms with E-state index in [2.05, 4.69) is 11.6 Å². The second-order valence-corrected chi connectivity index (χ2v) is 6.33. The van der Waals surface area contributed by atoms with Gasteiger partial charge in [-0.05, 0) is 47.7 Å². The maximum atomic E-state index is 12.6. The number of aliphatic imine (C=N–C) groups is 1. The van der Waals surface area contributed by atoms with Crippen LogP contribution in [0.25, 0.3) is 6.08 Å². The van der Waals surface area contributed by atoms with Gasteiger partial charge >= 0.3 is 0 Å². The SMILES string of the molecule is C=CCN1C(=O)/C(=C\c2ccc(O)cc2)SC1=Nc1cccc(O)c1. The molecular formula is C19H16N2O3S. The number of hydrogen-bond acceptors (Lipinski definition) is 5. The second kappa shape index (κ2) is 7.27. The highest BCUT2D eigenvalue weighted by atomic mass is 32.2. The number of amides is 1. The zero-order valence-corrected chi connectivity index (χ0v) is 14.1. The summed E-state index contributed by atoms with van der Waals surface area (Å²) < 4.78 is 0. The van der Waals surface area contributed by atoms with Gasteiger partial charge in [-0.1, -0.05) is 24.3 Å². The Morgan fingerprint density at radius 1 is 1.12 bits per heavy atom. The van der Waals surface area contributed by atoms with E-state index in [9.17, 15) is 15.0 Å². The maximum absolute atomic E-state index is 12.6. The van der Waals surface area contributed by atoms with Gasteiger partial charge in [0.05, 0.1) is 10.6 Å². The quantitative estimate of drug-likeness (QED) is 0.647. The van der Waals surface area contributed by atoms with E-state index in [0.717, 1.165) is 5.56 Å². The zero-order valence-electron chi connectivity index (χ0n) is 13.3. The summed E-state index contributed by atoms with van der Waals surface area (Å²) in [6.45, 7) is 4.03. The first-order chi connectivity index (χ1) is 12.1. The molecule has 1 saturated heterocycles. The van der Waals surface area contributed by atoms with Crippen molar-refractivity contribution in [3.05, 3.63) is 71.7 Å². The van der Waals surface area contributed by atoms with Crippen molar-refractivity contribution in [2.45, 2.75) is 0 Å². The fourth-order valence-corrected chi connectivity index (χ4v) is 3.28. The predicted octanol–water partition coefficient (Wildman–Crippen LogP) is 3.89. The molecule has 3 rings (SSSR count). The van der Waals surface area contributed by atoms with Crippen molar-refractivity contribution in [3.63, 3.8) is 0 Å². The number of hydrogen-bond donors (Lipinski definition) is 2. The molecule has 0 spiro atoms. The highest BCUT2D eigenvalue weighted by molar-refractivity contribution is 8.18. The monoisotopic (exact) mass is 352 g/mol. The number of carbonyl (C=O) groups excluding carboxylic acids is 1. The molecule has 0 saturated carbocycles. The maximum Gasteiger partial charge on any atom is 0.267 e. The molecule has 1 aliphatic heterocycles. The number of amidine groups is 1. The van der Waals surface area contributed by atoms with Gasteiger partial charge in [0.1, 0.15) is 11.5 Å². The van der Waals surface area contributed by atoms with Gasteiger partial charge in [0.25, 0.3) is 5.91 Å². The molecule has 2 aromatic rings. The number of nitrogens with zero attached hydrogens (tertiary/aromatic N) is 2. The zero-order chi connectivity index (χ0) is 17.8. The van der Waals surface area contributed by atoms with E-state index in [-0.39, 0.29) is 17.4 Å². The lowest BCUT2D eigenvalue weighted by Crippen LogP contribution is -2.29. The molecule has 1 heterocycles. The number of rotatable bonds is 4. The predicted molar refractivity (Wildman–Crippen MR) is 101 cm³/mol. The summed E-state index contributed by atoms with van der Waals surface area (Å²) in [6, 6.07) is 13.2. The molecule has 2 aromatic carbocycles. The molecule has 0 aromatic heterocycles. The van der Waals surface area contributed by atoms with Crippen LogP contribution < -0.4 is 0 Å². The molecule has 1 aliphatic rings. The fourth-order valence-electron chi connectivity index (χ4n) is 2.28. The number of carbonyl (C=O) groups is 1. The second-order valence-electron chi connectivity index (χ2n) is 5.32. The summed E-state index contributed by atoms with van der Waals surface area (Å²) in [5, 5.41) is 19.5. The lowest BCUT2D eigenvalue weighted by Gasteiger charge is -2.12. The minimum atomic E-state index is -0.156. The highest BCUT2D eigenvalue weighted by Gasteiger charge is 2.32. The van der Waals surface area contributed by atoms with Crippen LogP contribution in [0.3, 0.4) is 0 Å². The molecule has 0 bridgehead atoms. The fraction of sp³-hybridized carbons (Fsp3) is 0.0526. The van der Waals surface area contributed by atoms with Crippen molar-refractivity contribution in [1.82, 2.24) is 4.90 Å². The third-order valence-corrected chi connectivity index (χ3v) is 4.45. The van der Waals surface area contributed by atoms with Crippen LogP contribution in [0.5, 0.6) is 11.5 Å². The molecule has 0 atom stereocenters. The Labute approximate surface area is 149 Å². The summed E-state index contributed by atoms with van der Waals surface area (Å²) in [5.41, 5.74) is 1.38. The summed E-state index contributed by atoms with van der Waals surface area (Å²) in [6.07, 6.45) is 3.40. The van der Waals surface area contributed by atoms with Gasteiger partial charge in [-0.25, -0.2) is 4.99 Å². The van der Waals surface area contributed by atoms with Crippen LogP contribution >= 0.6 is 11.8 Å². The molecule has 126 valence electrons. The third-order valence-electron chi connectivity index (χ3n) is 3.45. The van der Waals surface area contributed by atoms with Gasteiger partial charge in [-0.15, -0.1) is 6.58 Å². The topological polar surface area (TPSA) is 73.1 Å². The van der Waals surface area contributed by atoms with Gasteiger partial charge in [-0.3, -0.25) is 9.69 Å². The number of benzene rings is 2. The summed E-state index contributed by atoms with van der Waals surface area (Å²) in [4.78, 5) is 19.2. The van der Waals surface area contributed by atoms with E-state index in [1.807, 2.05) is 0 Å². The number of aromatic hydroxyl groups is 2. The molecule has 25 heavy (non-hydrogen) atoms. The van der Waals surface area contributed by atoms with Crippen LogP contribution in [-0.4, -0.2) is 32.7 Å². The molecule has 1 fully saturated rings. The first-order valence-electron chi connectivity index (χ1n) is 7.56. The van der Waals surface area contributed by atoms with Crippen molar-refractivity contribution in [3.8, 4) is 11.5 Å². The normalized spacial score (nSPS) is 17.4. The number of thioether (sulfide) groups is 1. The Hall–Kier alpha value is -2.99. The Kier molecular flexibility index (Phi) is 4.90. The average Bonchev–Trinajstić information content (AvgIpc) is 2.86. The van der Waals surface area contributed by atoms with E-state index < -0.39 is 0 Å². The van der Waals surface area contributed by atoms with E-state index in [4.69, 9.17) is 0 Å². The molecule has 6 heteroatoms.